The minimum atomic E-state index is 0.516. The van der Waals surface area contributed by atoms with Gasteiger partial charge in [0.15, 0.2) is 0 Å². The molecule has 0 aromatic carbocycles. The molecule has 0 bridgehead atoms. The lowest BCUT2D eigenvalue weighted by molar-refractivity contribution is 0.339. The SMILES string of the molecule is CCCNC(CCc1ccn(C(C)CC)n1)C1CCCC1. The minimum Gasteiger partial charge on any atom is -0.314 e. The molecule has 1 N–H and O–H groups in total. The first-order chi connectivity index (χ1) is 10.2. The van der Waals surface area contributed by atoms with Crippen LogP contribution in [0.25, 0.3) is 0 Å². The zero-order chi connectivity index (χ0) is 15.1. The molecule has 21 heavy (non-hydrogen) atoms. The Kier molecular flexibility index (Phi) is 6.75. The lowest BCUT2D eigenvalue weighted by Crippen LogP contribution is -2.36. The maximum Gasteiger partial charge on any atom is 0.0625 e. The highest BCUT2D eigenvalue weighted by Crippen LogP contribution is 2.29. The highest BCUT2D eigenvalue weighted by Gasteiger charge is 2.24. The van der Waals surface area contributed by atoms with Crippen molar-refractivity contribution in [2.24, 2.45) is 5.92 Å². The summed E-state index contributed by atoms with van der Waals surface area (Å²) in [6.45, 7) is 7.87. The van der Waals surface area contributed by atoms with Gasteiger partial charge >= 0.3 is 0 Å². The molecule has 0 radical (unpaired) electrons. The van der Waals surface area contributed by atoms with Gasteiger partial charge in [0.1, 0.15) is 0 Å². The van der Waals surface area contributed by atoms with Gasteiger partial charge in [-0.3, -0.25) is 4.68 Å². The van der Waals surface area contributed by atoms with Gasteiger partial charge in [-0.25, -0.2) is 0 Å². The first-order valence-electron chi connectivity index (χ1n) is 9.02. The maximum absolute atomic E-state index is 4.75. The zero-order valence-corrected chi connectivity index (χ0v) is 14.1. The van der Waals surface area contributed by atoms with Crippen molar-refractivity contribution in [3.63, 3.8) is 0 Å². The summed E-state index contributed by atoms with van der Waals surface area (Å²) < 4.78 is 2.12. The number of aryl methyl sites for hydroxylation is 1. The van der Waals surface area contributed by atoms with Crippen molar-refractivity contribution in [3.05, 3.63) is 18.0 Å². The summed E-state index contributed by atoms with van der Waals surface area (Å²) in [6.07, 6.45) is 12.6. The third-order valence-corrected chi connectivity index (χ3v) is 5.04. The van der Waals surface area contributed by atoms with Gasteiger partial charge in [0, 0.05) is 18.3 Å². The van der Waals surface area contributed by atoms with Crippen molar-refractivity contribution in [3.8, 4) is 0 Å². The van der Waals surface area contributed by atoms with Crippen molar-refractivity contribution in [1.29, 1.82) is 0 Å². The molecule has 1 fully saturated rings. The van der Waals surface area contributed by atoms with Crippen molar-refractivity contribution < 1.29 is 0 Å². The normalized spacial score (nSPS) is 19.0. The molecular weight excluding hydrogens is 258 g/mol. The van der Waals surface area contributed by atoms with Gasteiger partial charge in [0.05, 0.1) is 5.69 Å². The fourth-order valence-electron chi connectivity index (χ4n) is 3.44. The standard InChI is InChI=1S/C18H33N3/c1-4-13-19-18(16-8-6-7-9-16)11-10-17-12-14-21(20-17)15(3)5-2/h12,14-16,18-19H,4-11,13H2,1-3H3. The molecule has 1 aromatic rings. The molecule has 0 saturated heterocycles. The van der Waals surface area contributed by atoms with Gasteiger partial charge in [0.2, 0.25) is 0 Å². The van der Waals surface area contributed by atoms with Crippen LogP contribution in [-0.4, -0.2) is 22.4 Å². The molecule has 120 valence electrons. The van der Waals surface area contributed by atoms with Crippen LogP contribution in [0.15, 0.2) is 12.3 Å². The number of nitrogens with one attached hydrogen (secondary N) is 1. The zero-order valence-electron chi connectivity index (χ0n) is 14.1. The van der Waals surface area contributed by atoms with Crippen LogP contribution in [0.4, 0.5) is 0 Å². The highest BCUT2D eigenvalue weighted by atomic mass is 15.3. The fourth-order valence-corrected chi connectivity index (χ4v) is 3.44. The molecule has 1 aliphatic carbocycles. The van der Waals surface area contributed by atoms with Crippen molar-refractivity contribution in [2.45, 2.75) is 84.2 Å². The van der Waals surface area contributed by atoms with Gasteiger partial charge in [-0.2, -0.15) is 5.10 Å². The summed E-state index contributed by atoms with van der Waals surface area (Å²) in [4.78, 5) is 0. The predicted molar refractivity (Wildman–Crippen MR) is 89.6 cm³/mol. The summed E-state index contributed by atoms with van der Waals surface area (Å²) in [5, 5.41) is 8.54. The number of nitrogens with zero attached hydrogens (tertiary/aromatic N) is 2. The fraction of sp³-hybridized carbons (Fsp3) is 0.833. The van der Waals surface area contributed by atoms with Crippen LogP contribution in [-0.2, 0) is 6.42 Å². The van der Waals surface area contributed by atoms with E-state index < -0.39 is 0 Å². The molecule has 1 aromatic heterocycles. The number of aromatic nitrogens is 2. The van der Waals surface area contributed by atoms with Gasteiger partial charge in [-0.1, -0.05) is 26.7 Å². The largest absolute Gasteiger partial charge is 0.314 e. The lowest BCUT2D eigenvalue weighted by Gasteiger charge is -2.24. The predicted octanol–water partition coefficient (Wildman–Crippen LogP) is 4.35. The molecule has 1 saturated carbocycles. The van der Waals surface area contributed by atoms with Gasteiger partial charge in [-0.15, -0.1) is 0 Å². The van der Waals surface area contributed by atoms with E-state index in [2.05, 4.69) is 43.0 Å². The van der Waals surface area contributed by atoms with E-state index in [9.17, 15) is 0 Å². The van der Waals surface area contributed by atoms with Crippen LogP contribution in [0, 0.1) is 5.92 Å². The Labute approximate surface area is 130 Å². The van der Waals surface area contributed by atoms with Gasteiger partial charge < -0.3 is 5.32 Å². The van der Waals surface area contributed by atoms with Gasteiger partial charge in [-0.05, 0) is 64.0 Å². The van der Waals surface area contributed by atoms with E-state index in [0.29, 0.717) is 12.1 Å². The average Bonchev–Trinajstić information content (AvgIpc) is 3.18. The summed E-state index contributed by atoms with van der Waals surface area (Å²) in [7, 11) is 0. The second-order valence-corrected chi connectivity index (χ2v) is 6.69. The van der Waals surface area contributed by atoms with Crippen LogP contribution < -0.4 is 5.32 Å². The second-order valence-electron chi connectivity index (χ2n) is 6.69. The maximum atomic E-state index is 4.75. The van der Waals surface area contributed by atoms with Crippen LogP contribution >= 0.6 is 0 Å². The van der Waals surface area contributed by atoms with E-state index in [1.165, 1.54) is 44.2 Å². The Hall–Kier alpha value is -0.830. The van der Waals surface area contributed by atoms with Crippen LogP contribution in [0.3, 0.4) is 0 Å². The lowest BCUT2D eigenvalue weighted by atomic mass is 9.93. The summed E-state index contributed by atoms with van der Waals surface area (Å²) in [5.41, 5.74) is 1.26. The molecule has 0 spiro atoms. The molecule has 2 unspecified atom stereocenters. The Morgan fingerprint density at radius 1 is 1.33 bits per heavy atom. The topological polar surface area (TPSA) is 29.9 Å². The Morgan fingerprint density at radius 2 is 2.10 bits per heavy atom. The Balaban J connectivity index is 1.86. The molecule has 3 heteroatoms. The van der Waals surface area contributed by atoms with E-state index in [0.717, 1.165) is 25.3 Å². The third kappa shape index (κ3) is 4.84. The number of rotatable bonds is 9. The first kappa shape index (κ1) is 16.5. The van der Waals surface area contributed by atoms with Crippen LogP contribution in [0.1, 0.15) is 77.5 Å². The smallest absolute Gasteiger partial charge is 0.0625 e. The molecule has 0 amide bonds. The Bertz CT molecular complexity index is 393. The second kappa shape index (κ2) is 8.57. The minimum absolute atomic E-state index is 0.516. The highest BCUT2D eigenvalue weighted by molar-refractivity contribution is 5.01. The molecule has 0 aliphatic heterocycles. The first-order valence-corrected chi connectivity index (χ1v) is 9.02. The molecule has 1 heterocycles. The van der Waals surface area contributed by atoms with Gasteiger partial charge in [0.25, 0.3) is 0 Å². The summed E-state index contributed by atoms with van der Waals surface area (Å²) in [6, 6.07) is 3.42. The Morgan fingerprint density at radius 3 is 2.76 bits per heavy atom. The third-order valence-electron chi connectivity index (χ3n) is 5.04. The summed E-state index contributed by atoms with van der Waals surface area (Å²) in [5.74, 6) is 0.896. The molecule has 2 atom stereocenters. The van der Waals surface area contributed by atoms with E-state index in [1.54, 1.807) is 0 Å². The molecule has 3 nitrogen and oxygen atoms in total. The van der Waals surface area contributed by atoms with E-state index >= 15 is 0 Å². The molecule has 2 rings (SSSR count). The average molecular weight is 291 g/mol. The van der Waals surface area contributed by atoms with E-state index in [4.69, 9.17) is 5.10 Å². The monoisotopic (exact) mass is 291 g/mol. The van der Waals surface area contributed by atoms with Crippen LogP contribution in [0.2, 0.25) is 0 Å². The molecular formula is C18H33N3. The van der Waals surface area contributed by atoms with E-state index in [-0.39, 0.29) is 0 Å². The van der Waals surface area contributed by atoms with Crippen molar-refractivity contribution in [1.82, 2.24) is 15.1 Å². The van der Waals surface area contributed by atoms with Crippen LogP contribution in [0.5, 0.6) is 0 Å². The summed E-state index contributed by atoms with van der Waals surface area (Å²) >= 11 is 0. The van der Waals surface area contributed by atoms with Crippen molar-refractivity contribution >= 4 is 0 Å². The van der Waals surface area contributed by atoms with Crippen molar-refractivity contribution in [2.75, 3.05) is 6.54 Å². The number of hydrogen-bond acceptors (Lipinski definition) is 2. The van der Waals surface area contributed by atoms with E-state index in [1.807, 2.05) is 0 Å². The number of hydrogen-bond donors (Lipinski definition) is 1. The molecule has 1 aliphatic rings. The quantitative estimate of drug-likeness (QED) is 0.733.